The first-order valence-electron chi connectivity index (χ1n) is 35.1. The van der Waals surface area contributed by atoms with E-state index in [1.807, 2.05) is 35.3 Å². The van der Waals surface area contributed by atoms with E-state index >= 15 is 0 Å². The summed E-state index contributed by atoms with van der Waals surface area (Å²) in [5, 5.41) is 44.2. The molecule has 0 bridgehead atoms. The fourth-order valence-corrected chi connectivity index (χ4v) is 17.2. The first-order valence-corrected chi connectivity index (χ1v) is 37.2. The summed E-state index contributed by atoms with van der Waals surface area (Å²) in [6.45, 7) is 6.52. The highest BCUT2D eigenvalue weighted by Crippen LogP contribution is 2.35. The molecular weight excluding hydrogens is 1270 g/mol. The highest BCUT2D eigenvalue weighted by molar-refractivity contribution is 8.00. The van der Waals surface area contributed by atoms with Crippen LogP contribution in [0, 0.1) is 5.92 Å². The molecule has 0 aromatic carbocycles. The first-order chi connectivity index (χ1) is 46.5. The zero-order valence-electron chi connectivity index (χ0n) is 55.3. The third kappa shape index (κ3) is 21.1. The number of hydrogen-bond acceptors (Lipinski definition) is 20. The number of nitrogens with one attached hydrogen (secondary N) is 12. The lowest BCUT2D eigenvalue weighted by atomic mass is 9.92. The number of fused-ring (bicyclic) bond motifs is 2. The van der Waals surface area contributed by atoms with Gasteiger partial charge in [0.15, 0.2) is 0 Å². The van der Waals surface area contributed by atoms with Crippen molar-refractivity contribution in [2.75, 3.05) is 85.1 Å². The van der Waals surface area contributed by atoms with Gasteiger partial charge in [-0.05, 0) is 96.8 Å². The van der Waals surface area contributed by atoms with Crippen LogP contribution in [0.4, 0.5) is 27.4 Å². The minimum Gasteiger partial charge on any atom is -0.481 e. The molecule has 2 aromatic rings. The maximum absolute atomic E-state index is 14.2. The molecule has 10 amide bonds. The molecule has 13 N–H and O–H groups in total. The first kappa shape index (κ1) is 71.4. The third-order valence-corrected chi connectivity index (χ3v) is 22.8. The van der Waals surface area contributed by atoms with Crippen LogP contribution in [0.25, 0.3) is 0 Å². The molecule has 10 heterocycles. The Hall–Kier alpha value is -7.38. The number of aliphatic carboxylic acids is 1. The number of aromatic amines is 1. The summed E-state index contributed by atoms with van der Waals surface area (Å²) in [4.78, 5) is 148. The van der Waals surface area contributed by atoms with Gasteiger partial charge in [0.05, 0.1) is 54.8 Å². The van der Waals surface area contributed by atoms with Crippen molar-refractivity contribution in [3.05, 3.63) is 18.2 Å². The van der Waals surface area contributed by atoms with Gasteiger partial charge in [0.25, 0.3) is 0 Å². The highest BCUT2D eigenvalue weighted by atomic mass is 32.2. The molecule has 0 radical (unpaired) electrons. The molecular formula is C64H100N20O10S2. The molecule has 30 nitrogen and oxygen atoms in total. The number of aliphatic imine (C=N–C) groups is 1. The van der Waals surface area contributed by atoms with Crippen LogP contribution in [-0.4, -0.2) is 225 Å². The monoisotopic (exact) mass is 1370 g/mol. The summed E-state index contributed by atoms with van der Waals surface area (Å²) < 4.78 is 0. The number of piperidine rings is 3. The van der Waals surface area contributed by atoms with E-state index in [9.17, 15) is 48.3 Å². The Balaban J connectivity index is 0.650. The van der Waals surface area contributed by atoms with Gasteiger partial charge >= 0.3 is 18.0 Å². The van der Waals surface area contributed by atoms with Gasteiger partial charge in [-0.25, -0.2) is 14.6 Å². The van der Waals surface area contributed by atoms with Crippen LogP contribution in [0.3, 0.4) is 0 Å². The molecule has 0 spiro atoms. The topological polar surface area (TPSA) is 396 Å². The summed E-state index contributed by atoms with van der Waals surface area (Å²) in [5.41, 5.74) is 0.187. The number of nitrogens with zero attached hydrogens (tertiary/aromatic N) is 8. The molecule has 9 atom stereocenters. The Labute approximate surface area is 569 Å². The second kappa shape index (κ2) is 35.2. The van der Waals surface area contributed by atoms with E-state index in [1.54, 1.807) is 12.5 Å². The molecule has 7 fully saturated rings. The van der Waals surface area contributed by atoms with E-state index in [0.29, 0.717) is 164 Å². The molecule has 96 heavy (non-hydrogen) atoms. The number of carbonyl (C=O) groups excluding carboxylic acids is 8. The Morgan fingerprint density at radius 3 is 1.51 bits per heavy atom. The molecule has 0 saturated carbocycles. The van der Waals surface area contributed by atoms with Crippen molar-refractivity contribution in [1.29, 1.82) is 0 Å². The Morgan fingerprint density at radius 1 is 0.594 bits per heavy atom. The van der Waals surface area contributed by atoms with Crippen molar-refractivity contribution >= 4 is 101 Å². The van der Waals surface area contributed by atoms with Crippen molar-refractivity contribution in [2.24, 2.45) is 10.9 Å². The second-order valence-corrected chi connectivity index (χ2v) is 29.9. The number of aromatic nitrogens is 5. The lowest BCUT2D eigenvalue weighted by molar-refractivity contribution is -0.142. The zero-order valence-corrected chi connectivity index (χ0v) is 57.0. The van der Waals surface area contributed by atoms with Crippen molar-refractivity contribution in [2.45, 2.75) is 225 Å². The second-order valence-electron chi connectivity index (χ2n) is 27.3. The summed E-state index contributed by atoms with van der Waals surface area (Å²) in [6, 6.07) is -1.50. The van der Waals surface area contributed by atoms with Crippen molar-refractivity contribution in [3.63, 3.8) is 0 Å². The lowest BCUT2D eigenvalue weighted by Crippen LogP contribution is -2.56. The molecule has 10 rings (SSSR count). The number of urea groups is 2. The van der Waals surface area contributed by atoms with Gasteiger partial charge < -0.3 is 83.3 Å². The van der Waals surface area contributed by atoms with Gasteiger partial charge in [-0.1, -0.05) is 25.7 Å². The van der Waals surface area contributed by atoms with Crippen LogP contribution in [0.15, 0.2) is 17.5 Å². The van der Waals surface area contributed by atoms with Gasteiger partial charge in [0, 0.05) is 137 Å². The van der Waals surface area contributed by atoms with E-state index in [2.05, 4.69) is 83.2 Å². The number of rotatable bonds is 36. The summed E-state index contributed by atoms with van der Waals surface area (Å²) >= 11 is 3.75. The minimum absolute atomic E-state index is 0.0142. The van der Waals surface area contributed by atoms with Gasteiger partial charge in [-0.3, -0.25) is 38.6 Å². The van der Waals surface area contributed by atoms with Crippen LogP contribution < -0.4 is 73.2 Å². The fourth-order valence-electron chi connectivity index (χ4n) is 14.1. The average Bonchev–Trinajstić information content (AvgIpc) is 1.57. The smallest absolute Gasteiger partial charge is 0.315 e. The van der Waals surface area contributed by atoms with Crippen LogP contribution >= 0.6 is 23.5 Å². The largest absolute Gasteiger partial charge is 0.481 e. The number of thioether (sulfide) groups is 2. The molecule has 8 aliphatic heterocycles. The number of anilines is 3. The SMILES string of the molecule is CC1(CC(NC(=O)CCCCCNC(=O)CCCCC2SCC3NC(=O)NC32)C(=O)NC2CCN(c3nc(N4CCC(NC(=O)C(Cc5cnc[nH]5)NC(=O)CCCCCNC(=O)CCCCC5SCC6NC(=O)NC65)CC4)nc(N4CCC(C(=O)O)CC4)n3)CC2)CN=CN1. The lowest BCUT2D eigenvalue weighted by Gasteiger charge is -2.37. The number of imidazole rings is 1. The number of amides is 10. The summed E-state index contributed by atoms with van der Waals surface area (Å²) in [7, 11) is 0. The van der Waals surface area contributed by atoms with E-state index in [-0.39, 0.29) is 103 Å². The average molecular weight is 1370 g/mol. The number of carboxylic acid groups (broad SMARTS) is 1. The zero-order chi connectivity index (χ0) is 67.4. The molecule has 9 unspecified atom stereocenters. The standard InChI is InChI=1S/C64H100N20O10S2/c1-64(37-66-39-70-64)33-45(74-53(88)17-5-3-11-25-68-51(86)15-9-7-13-49-55-47(36-96-49)76-63(94)78-55)57(90)72-42-22-30-84(31-23-42)61-80-59(82-26-18-40(19-27-82)58(91)92)79-60(81-61)83-28-20-41(21-29-83)71-56(89)44(32-43-34-65-38-69-43)73-52(87)16-4-2-10-24-67-50(85)14-8-6-12-48-54-46(35-95-48)75-62(93)77-54/h34,38-42,44-49,54-55H,2-33,35-37H2,1H3,(H,65,69)(H,66,70)(H,67,85)(H,68,86)(H,71,89)(H,72,90)(H,73,87)(H,74,88)(H,91,92)(H2,75,77,93)(H2,76,78,94). The predicted molar refractivity (Wildman–Crippen MR) is 366 cm³/mol. The summed E-state index contributed by atoms with van der Waals surface area (Å²) in [5.74, 6) is 0.996. The van der Waals surface area contributed by atoms with Crippen LogP contribution in [-0.2, 0) is 40.0 Å². The van der Waals surface area contributed by atoms with Gasteiger partial charge in [0.1, 0.15) is 12.1 Å². The van der Waals surface area contributed by atoms with E-state index in [1.165, 1.54) is 6.33 Å². The number of unbranched alkanes of at least 4 members (excludes halogenated alkanes) is 6. The van der Waals surface area contributed by atoms with Crippen LogP contribution in [0.1, 0.15) is 160 Å². The van der Waals surface area contributed by atoms with Crippen LogP contribution in [0.5, 0.6) is 0 Å². The molecule has 8 aliphatic rings. The molecule has 2 aromatic heterocycles. The quantitative estimate of drug-likeness (QED) is 0.0342. The normalized spacial score (nSPS) is 24.7. The maximum atomic E-state index is 14.2. The number of carbonyl (C=O) groups is 9. The van der Waals surface area contributed by atoms with Crippen molar-refractivity contribution < 1.29 is 48.3 Å². The van der Waals surface area contributed by atoms with E-state index < -0.39 is 29.5 Å². The van der Waals surface area contributed by atoms with Gasteiger partial charge in [0.2, 0.25) is 53.3 Å². The minimum atomic E-state index is -0.842. The Kier molecular flexibility index (Phi) is 26.2. The predicted octanol–water partition coefficient (Wildman–Crippen LogP) is 1.86. The molecule has 0 aliphatic carbocycles. The Bertz CT molecular complexity index is 2990. The third-order valence-electron chi connectivity index (χ3n) is 19.8. The Morgan fingerprint density at radius 2 is 1.05 bits per heavy atom. The van der Waals surface area contributed by atoms with Crippen LogP contribution in [0.2, 0.25) is 0 Å². The molecule has 7 saturated heterocycles. The number of H-pyrrole nitrogens is 1. The van der Waals surface area contributed by atoms with Crippen molar-refractivity contribution in [1.82, 2.24) is 83.4 Å². The van der Waals surface area contributed by atoms with E-state index in [4.69, 9.17) is 15.0 Å². The van der Waals surface area contributed by atoms with Gasteiger partial charge in [-0.15, -0.1) is 0 Å². The maximum Gasteiger partial charge on any atom is 0.315 e. The fraction of sp³-hybridized carbons (Fsp3) is 0.750. The van der Waals surface area contributed by atoms with Crippen molar-refractivity contribution in [3.8, 4) is 0 Å². The van der Waals surface area contributed by atoms with E-state index in [0.717, 1.165) is 75.7 Å². The molecule has 32 heteroatoms. The molecule has 528 valence electrons. The number of hydrogen-bond donors (Lipinski definition) is 13. The van der Waals surface area contributed by atoms with Gasteiger partial charge in [-0.2, -0.15) is 38.5 Å². The summed E-state index contributed by atoms with van der Waals surface area (Å²) in [6.07, 6.45) is 19.5. The number of carboxylic acids is 1. The highest BCUT2D eigenvalue weighted by Gasteiger charge is 2.44.